The number of nitrogens with one attached hydrogen (secondary N) is 8. The van der Waals surface area contributed by atoms with Gasteiger partial charge in [-0.25, -0.2) is 0 Å². The Labute approximate surface area is 647 Å². The second-order valence-electron chi connectivity index (χ2n) is 31.3. The lowest BCUT2D eigenvalue weighted by Gasteiger charge is -2.45. The van der Waals surface area contributed by atoms with Gasteiger partial charge in [-0.1, -0.05) is 142 Å². The van der Waals surface area contributed by atoms with Gasteiger partial charge in [0.1, 0.15) is 0 Å². The Bertz CT molecular complexity index is 4010. The van der Waals surface area contributed by atoms with Crippen molar-refractivity contribution in [3.05, 3.63) is 239 Å². The molecule has 24 atom stereocenters. The molecule has 4 saturated carbocycles. The maximum atomic E-state index is 4.80. The van der Waals surface area contributed by atoms with Gasteiger partial charge in [0.05, 0.1) is 49.3 Å². The zero-order valence-corrected chi connectivity index (χ0v) is 66.9. The molecule has 5 saturated heterocycles. The van der Waals surface area contributed by atoms with E-state index in [-0.39, 0.29) is 49.3 Å². The van der Waals surface area contributed by atoms with Gasteiger partial charge in [0, 0.05) is 129 Å². The van der Waals surface area contributed by atoms with Crippen LogP contribution in [0.5, 0.6) is 0 Å². The fraction of sp³-hybridized carbons (Fsp3) is 0.448. The molecule has 8 aromatic rings. The third kappa shape index (κ3) is 16.0. The van der Waals surface area contributed by atoms with Crippen molar-refractivity contribution in [2.75, 3.05) is 0 Å². The topological polar surface area (TPSA) is 96.2 Å². The summed E-state index contributed by atoms with van der Waals surface area (Å²) >= 11 is 17.3. The lowest BCUT2D eigenvalue weighted by Crippen LogP contribution is -2.62. The number of aryl methyl sites for hydroxylation is 7. The first kappa shape index (κ1) is 72.1. The molecule has 538 valence electrons. The predicted octanol–water partition coefficient (Wildman–Crippen LogP) is 18.9. The Hall–Kier alpha value is -3.76. The number of hydrogen-bond donors (Lipinski definition) is 8. The Morgan fingerprint density at radius 3 is 0.437 bits per heavy atom. The van der Waals surface area contributed by atoms with Crippen molar-refractivity contribution in [1.29, 1.82) is 0 Å². The van der Waals surface area contributed by atoms with Crippen LogP contribution < -0.4 is 42.5 Å². The minimum Gasteiger partial charge on any atom is -0.286 e. The van der Waals surface area contributed by atoms with E-state index in [0.29, 0.717) is 89.3 Å². The van der Waals surface area contributed by atoms with Gasteiger partial charge >= 0.3 is 0 Å². The molecule has 24 unspecified atom stereocenters. The second-order valence-corrected chi connectivity index (χ2v) is 41.8. The number of fused-ring (bicyclic) bond motifs is 20. The van der Waals surface area contributed by atoms with Gasteiger partial charge in [-0.15, -0.1) is 94.1 Å². The molecule has 9 fully saturated rings. The van der Waals surface area contributed by atoms with E-state index < -0.39 is 0 Å². The normalized spacial score (nSPS) is 35.2. The zero-order chi connectivity index (χ0) is 69.8. The molecule has 9 aliphatic rings. The van der Waals surface area contributed by atoms with E-state index in [0.717, 1.165) is 51.4 Å². The molecule has 8 N–H and O–H groups in total. The monoisotopic (exact) mass is 1510 g/mol. The van der Waals surface area contributed by atoms with Crippen LogP contribution in [0.1, 0.15) is 90.3 Å². The lowest BCUT2D eigenvalue weighted by molar-refractivity contribution is 0.182. The van der Waals surface area contributed by atoms with E-state index in [1.165, 1.54) is 78.1 Å². The summed E-state index contributed by atoms with van der Waals surface area (Å²) in [4.78, 5) is 11.0. The fourth-order valence-electron chi connectivity index (χ4n) is 19.4. The van der Waals surface area contributed by atoms with E-state index in [2.05, 4.69) is 343 Å². The van der Waals surface area contributed by atoms with Gasteiger partial charge < -0.3 is 0 Å². The van der Waals surface area contributed by atoms with Crippen LogP contribution in [0.2, 0.25) is 0 Å². The zero-order valence-electron chi connectivity index (χ0n) is 60.3. The molecule has 5 aliphatic heterocycles. The standard InChI is InChI=1S/C87H102N8S8/c1-49-13-27-57(28-14-49)97-65-42-41-64(96-56-11-9-8-10-12-56)72-73(65)81-88-80(72)89-82-74-66(98-58-29-15-50(2)16-30-58)43-44-67(99-59-31-17-51(3)18-32-59)75(74)84(91-82)93-86-78-70(102-62-37-23-54(6)24-38-62)47-48-71(103-63-39-25-55(7)26-40-63)79(78)87(95-86)94-85-77-69(101-61-35-21-53(5)22-36-61)46-45-68(76(77)83(90-81)92-85)100-60-33-19-52(4)20-34-60/h8-40,64-95H,41-48H2,1-7H3. The molecule has 5 heterocycles. The van der Waals surface area contributed by atoms with Crippen molar-refractivity contribution in [3.8, 4) is 0 Å². The predicted molar refractivity (Wildman–Crippen MR) is 442 cm³/mol. The van der Waals surface area contributed by atoms with Crippen LogP contribution in [-0.4, -0.2) is 91.3 Å². The van der Waals surface area contributed by atoms with Crippen molar-refractivity contribution < 1.29 is 0 Å². The maximum absolute atomic E-state index is 4.80. The average Bonchev–Trinajstić information content (AvgIpc) is 1.58. The summed E-state index contributed by atoms with van der Waals surface area (Å²) < 4.78 is 0. The van der Waals surface area contributed by atoms with Crippen LogP contribution >= 0.6 is 94.1 Å². The van der Waals surface area contributed by atoms with Gasteiger partial charge in [0.2, 0.25) is 0 Å². The third-order valence-corrected chi connectivity index (χ3v) is 35.5. The van der Waals surface area contributed by atoms with Crippen molar-refractivity contribution in [2.24, 2.45) is 47.3 Å². The number of rotatable bonds is 16. The highest BCUT2D eigenvalue weighted by Gasteiger charge is 2.62. The second kappa shape index (κ2) is 32.1. The minimum absolute atomic E-state index is 0.00893. The first-order valence-electron chi connectivity index (χ1n) is 38.2. The summed E-state index contributed by atoms with van der Waals surface area (Å²) in [6.45, 7) is 15.7. The van der Waals surface area contributed by atoms with Gasteiger partial charge in [-0.2, -0.15) is 0 Å². The molecule has 8 aromatic carbocycles. The first-order valence-corrected chi connectivity index (χ1v) is 45.3. The van der Waals surface area contributed by atoms with Crippen LogP contribution in [0.4, 0.5) is 0 Å². The van der Waals surface area contributed by atoms with E-state index in [9.17, 15) is 0 Å². The van der Waals surface area contributed by atoms with E-state index in [1.54, 1.807) is 0 Å². The first-order chi connectivity index (χ1) is 50.3. The lowest BCUT2D eigenvalue weighted by atomic mass is 9.75. The highest BCUT2D eigenvalue weighted by Crippen LogP contribution is 2.58. The summed E-state index contributed by atoms with van der Waals surface area (Å²) in [6, 6.07) is 77.8. The third-order valence-electron chi connectivity index (χ3n) is 24.3. The Balaban J connectivity index is 0.841. The van der Waals surface area contributed by atoms with Crippen LogP contribution in [0.3, 0.4) is 0 Å². The van der Waals surface area contributed by atoms with Crippen LogP contribution in [0, 0.1) is 95.8 Å². The molecular weight excluding hydrogens is 1410 g/mol. The fourth-order valence-corrected chi connectivity index (χ4v) is 30.5. The molecule has 4 aliphatic carbocycles. The largest absolute Gasteiger partial charge is 0.286 e. The van der Waals surface area contributed by atoms with E-state index >= 15 is 0 Å². The highest BCUT2D eigenvalue weighted by molar-refractivity contribution is 8.02. The van der Waals surface area contributed by atoms with Crippen molar-refractivity contribution in [3.63, 3.8) is 0 Å². The summed E-state index contributed by atoms with van der Waals surface area (Å²) in [7, 11) is 0. The molecule has 16 heteroatoms. The summed E-state index contributed by atoms with van der Waals surface area (Å²) in [6.07, 6.45) is 9.30. The summed E-state index contributed by atoms with van der Waals surface area (Å²) in [5, 5.41) is 41.0. The molecule has 103 heavy (non-hydrogen) atoms. The van der Waals surface area contributed by atoms with Crippen LogP contribution in [-0.2, 0) is 0 Å². The van der Waals surface area contributed by atoms with Gasteiger partial charge in [0.25, 0.3) is 0 Å². The molecule has 8 bridgehead atoms. The Morgan fingerprint density at radius 2 is 0.301 bits per heavy atom. The quantitative estimate of drug-likeness (QED) is 0.0471. The molecule has 0 radical (unpaired) electrons. The van der Waals surface area contributed by atoms with Gasteiger partial charge in [0.15, 0.2) is 0 Å². The molecular formula is C87H102N8S8. The average molecular weight is 1520 g/mol. The van der Waals surface area contributed by atoms with E-state index in [1.807, 2.05) is 0 Å². The van der Waals surface area contributed by atoms with Crippen molar-refractivity contribution in [2.45, 2.75) is 230 Å². The molecule has 8 nitrogen and oxygen atoms in total. The molecule has 0 amide bonds. The van der Waals surface area contributed by atoms with Crippen molar-refractivity contribution >= 4 is 94.1 Å². The molecule has 0 aromatic heterocycles. The number of thioether (sulfide) groups is 8. The molecule has 0 spiro atoms. The van der Waals surface area contributed by atoms with Crippen LogP contribution in [0.25, 0.3) is 0 Å². The van der Waals surface area contributed by atoms with Crippen molar-refractivity contribution in [1.82, 2.24) is 42.5 Å². The highest BCUT2D eigenvalue weighted by atomic mass is 32.2. The summed E-state index contributed by atoms with van der Waals surface area (Å²) in [5.74, 6) is 2.39. The van der Waals surface area contributed by atoms with Gasteiger partial charge in [-0.3, -0.25) is 42.5 Å². The number of benzene rings is 8. The molecule has 17 rings (SSSR count). The van der Waals surface area contributed by atoms with E-state index in [4.69, 9.17) is 42.5 Å². The smallest absolute Gasteiger partial charge is 0.0639 e. The number of hydrogen-bond acceptors (Lipinski definition) is 16. The minimum atomic E-state index is 0.00893. The Morgan fingerprint density at radius 1 is 0.175 bits per heavy atom. The van der Waals surface area contributed by atoms with Crippen LogP contribution in [0.15, 0.2) is 239 Å². The summed E-state index contributed by atoms with van der Waals surface area (Å²) in [5.41, 5.74) is 9.20. The SMILES string of the molecule is Cc1ccc(SC2CCC(Sc3ccccc3)C3C4NC(NC5NC(NC6NC(NC7NC(N4)C4C(Sc8ccc(C)cc8)CCC(Sc8ccc(C)cc8)C74)C4C(Sc7ccc(C)cc7)CCC(Sc7ccc(C)cc7)C64)C4C(Sc6ccc(C)cc6)CCC(Sc6ccc(C)cc6)C54)C23)cc1. The maximum Gasteiger partial charge on any atom is 0.0639 e. The Kier molecular flexibility index (Phi) is 22.4. The van der Waals surface area contributed by atoms with Gasteiger partial charge in [-0.05, 0) is 197 Å².